The number of rotatable bonds is 22. The predicted molar refractivity (Wildman–Crippen MR) is 147 cm³/mol. The van der Waals surface area contributed by atoms with E-state index in [9.17, 15) is 4.79 Å². The van der Waals surface area contributed by atoms with Gasteiger partial charge < -0.3 is 26.0 Å². The highest BCUT2D eigenvalue weighted by Gasteiger charge is 2.16. The molecule has 0 aliphatic carbocycles. The molecule has 202 valence electrons. The number of carboxylic acid groups (broad SMARTS) is 1. The number of nitrogens with one attached hydrogen (secondary N) is 3. The van der Waals surface area contributed by atoms with Crippen molar-refractivity contribution < 1.29 is 14.5 Å². The number of carbonyl (C=O) groups is 1. The average Bonchev–Trinajstić information content (AvgIpc) is 2.82. The SMILES string of the molecule is CCCCCCCCCCCCNC(C)NCCNCCCN1C#CC(C)=[N+](CC(=O)O)CCC1. The first-order chi connectivity index (χ1) is 17.0. The van der Waals surface area contributed by atoms with Crippen molar-refractivity contribution in [1.82, 2.24) is 20.9 Å². The Balaban J connectivity index is 1.95. The maximum atomic E-state index is 11.0. The number of carboxylic acids is 1. The fourth-order valence-electron chi connectivity index (χ4n) is 4.34. The molecular formula is C28H54N5O2+. The first-order valence-corrected chi connectivity index (χ1v) is 14.3. The quantitative estimate of drug-likeness (QED) is 0.0800. The minimum Gasteiger partial charge on any atom is -0.477 e. The molecule has 0 saturated heterocycles. The van der Waals surface area contributed by atoms with Gasteiger partial charge in [-0.05, 0) is 32.9 Å². The van der Waals surface area contributed by atoms with Gasteiger partial charge in [0.25, 0.3) is 0 Å². The van der Waals surface area contributed by atoms with E-state index in [2.05, 4.69) is 46.7 Å². The second-order valence-electron chi connectivity index (χ2n) is 9.89. The van der Waals surface area contributed by atoms with Crippen molar-refractivity contribution in [3.05, 3.63) is 0 Å². The Hall–Kier alpha value is -1.62. The molecule has 0 amide bonds. The van der Waals surface area contributed by atoms with Gasteiger partial charge in [-0.3, -0.25) is 0 Å². The van der Waals surface area contributed by atoms with Gasteiger partial charge in [-0.2, -0.15) is 0 Å². The summed E-state index contributed by atoms with van der Waals surface area (Å²) in [7, 11) is 0. The minimum absolute atomic E-state index is 0.0336. The monoisotopic (exact) mass is 492 g/mol. The zero-order valence-corrected chi connectivity index (χ0v) is 23.0. The van der Waals surface area contributed by atoms with Gasteiger partial charge in [0, 0.05) is 51.5 Å². The van der Waals surface area contributed by atoms with Crippen LogP contribution in [0, 0.1) is 12.0 Å². The van der Waals surface area contributed by atoms with E-state index in [1.807, 2.05) is 11.5 Å². The first-order valence-electron chi connectivity index (χ1n) is 14.3. The number of unbranched alkanes of at least 4 members (excludes halogenated alkanes) is 9. The molecule has 0 aromatic heterocycles. The minimum atomic E-state index is -0.802. The van der Waals surface area contributed by atoms with Gasteiger partial charge in [-0.15, -0.1) is 0 Å². The van der Waals surface area contributed by atoms with Gasteiger partial charge in [0.05, 0.1) is 6.17 Å². The molecule has 0 fully saturated rings. The van der Waals surface area contributed by atoms with Crippen LogP contribution in [0.4, 0.5) is 0 Å². The lowest BCUT2D eigenvalue weighted by atomic mass is 10.1. The Morgan fingerprint density at radius 2 is 1.63 bits per heavy atom. The summed E-state index contributed by atoms with van der Waals surface area (Å²) in [4.78, 5) is 13.1. The smallest absolute Gasteiger partial charge is 0.369 e. The summed E-state index contributed by atoms with van der Waals surface area (Å²) in [5.74, 6) is 2.32. The van der Waals surface area contributed by atoms with Gasteiger partial charge in [-0.25, -0.2) is 9.37 Å². The van der Waals surface area contributed by atoms with Crippen molar-refractivity contribution in [3.8, 4) is 12.0 Å². The molecule has 0 aromatic carbocycles. The molecule has 1 aliphatic heterocycles. The van der Waals surface area contributed by atoms with Crippen LogP contribution < -0.4 is 16.0 Å². The van der Waals surface area contributed by atoms with Gasteiger partial charge in [0.1, 0.15) is 6.54 Å². The number of hydrogen-bond acceptors (Lipinski definition) is 5. The van der Waals surface area contributed by atoms with Crippen molar-refractivity contribution in [2.45, 2.75) is 104 Å². The summed E-state index contributed by atoms with van der Waals surface area (Å²) in [6.45, 7) is 13.0. The maximum absolute atomic E-state index is 11.0. The summed E-state index contributed by atoms with van der Waals surface area (Å²) in [5.41, 5.74) is 0.845. The normalized spacial score (nSPS) is 14.9. The Bertz CT molecular complexity index is 641. The van der Waals surface area contributed by atoms with Crippen molar-refractivity contribution in [2.75, 3.05) is 52.4 Å². The summed E-state index contributed by atoms with van der Waals surface area (Å²) in [5, 5.41) is 19.6. The molecule has 7 heteroatoms. The van der Waals surface area contributed by atoms with Crippen LogP contribution in [0.25, 0.3) is 0 Å². The third-order valence-electron chi connectivity index (χ3n) is 6.57. The molecule has 0 saturated carbocycles. The van der Waals surface area contributed by atoms with Crippen LogP contribution >= 0.6 is 0 Å². The highest BCUT2D eigenvalue weighted by atomic mass is 16.4. The third kappa shape index (κ3) is 18.3. The topological polar surface area (TPSA) is 79.6 Å². The lowest BCUT2D eigenvalue weighted by Crippen LogP contribution is -2.43. The number of aliphatic carboxylic acids is 1. The number of hydrogen-bond donors (Lipinski definition) is 4. The first kappa shape index (κ1) is 31.4. The second-order valence-corrected chi connectivity index (χ2v) is 9.89. The Kier molecular flexibility index (Phi) is 19.4. The van der Waals surface area contributed by atoms with E-state index in [-0.39, 0.29) is 6.54 Å². The van der Waals surface area contributed by atoms with E-state index in [0.29, 0.717) is 6.17 Å². The van der Waals surface area contributed by atoms with Crippen molar-refractivity contribution >= 4 is 11.7 Å². The second kappa shape index (κ2) is 21.6. The average molecular weight is 493 g/mol. The van der Waals surface area contributed by atoms with E-state index in [1.54, 1.807) is 0 Å². The lowest BCUT2D eigenvalue weighted by Gasteiger charge is -2.19. The fourth-order valence-corrected chi connectivity index (χ4v) is 4.34. The maximum Gasteiger partial charge on any atom is 0.369 e. The molecule has 1 heterocycles. The van der Waals surface area contributed by atoms with Crippen molar-refractivity contribution in [3.63, 3.8) is 0 Å². The van der Waals surface area contributed by atoms with E-state index in [1.165, 1.54) is 64.2 Å². The lowest BCUT2D eigenvalue weighted by molar-refractivity contribution is -0.518. The number of nitrogens with zero attached hydrogens (tertiary/aromatic N) is 2. The van der Waals surface area contributed by atoms with Crippen LogP contribution in [0.1, 0.15) is 97.8 Å². The summed E-state index contributed by atoms with van der Waals surface area (Å²) >= 11 is 0. The highest BCUT2D eigenvalue weighted by molar-refractivity contribution is 5.94. The van der Waals surface area contributed by atoms with Crippen LogP contribution in [0.15, 0.2) is 0 Å². The molecule has 4 N–H and O–H groups in total. The van der Waals surface area contributed by atoms with Crippen LogP contribution in [0.2, 0.25) is 0 Å². The molecule has 1 atom stereocenters. The van der Waals surface area contributed by atoms with Crippen molar-refractivity contribution in [2.24, 2.45) is 0 Å². The molecule has 7 nitrogen and oxygen atoms in total. The van der Waals surface area contributed by atoms with Crippen LogP contribution in [-0.2, 0) is 4.79 Å². The fraction of sp³-hybridized carbons (Fsp3) is 0.857. The van der Waals surface area contributed by atoms with Gasteiger partial charge in [0.15, 0.2) is 0 Å². The van der Waals surface area contributed by atoms with Gasteiger partial charge in [-0.1, -0.05) is 64.7 Å². The van der Waals surface area contributed by atoms with Crippen molar-refractivity contribution in [1.29, 1.82) is 0 Å². The largest absolute Gasteiger partial charge is 0.477 e. The summed E-state index contributed by atoms with van der Waals surface area (Å²) in [6, 6.07) is 3.20. The van der Waals surface area contributed by atoms with E-state index >= 15 is 0 Å². The highest BCUT2D eigenvalue weighted by Crippen LogP contribution is 2.10. The Morgan fingerprint density at radius 1 is 0.971 bits per heavy atom. The predicted octanol–water partition coefficient (Wildman–Crippen LogP) is 3.64. The molecule has 35 heavy (non-hydrogen) atoms. The molecule has 1 rings (SSSR count). The summed E-state index contributed by atoms with van der Waals surface area (Å²) in [6.07, 6.45) is 16.2. The molecule has 1 unspecified atom stereocenters. The van der Waals surface area contributed by atoms with Crippen LogP contribution in [0.3, 0.4) is 0 Å². The molecule has 0 radical (unpaired) electrons. The van der Waals surface area contributed by atoms with E-state index < -0.39 is 5.97 Å². The van der Waals surface area contributed by atoms with Gasteiger partial charge in [0.2, 0.25) is 12.3 Å². The molecule has 0 spiro atoms. The Labute approximate surface area is 215 Å². The standard InChI is InChI=1S/C28H53N5O2/c1-4-5-6-7-8-9-10-11-12-13-18-30-27(3)31-20-19-29-17-14-21-32-22-15-23-33(25-28(34)35)26(2)16-24-32/h27,29-31H,4-15,17-23,25H2,1-3H3/p+1. The zero-order chi connectivity index (χ0) is 25.6. The molecule has 0 bridgehead atoms. The zero-order valence-electron chi connectivity index (χ0n) is 23.0. The van der Waals surface area contributed by atoms with Gasteiger partial charge >= 0.3 is 5.97 Å². The Morgan fingerprint density at radius 3 is 2.31 bits per heavy atom. The molecular weight excluding hydrogens is 438 g/mol. The van der Waals surface area contributed by atoms with Crippen LogP contribution in [-0.4, -0.2) is 84.8 Å². The molecule has 1 aliphatic rings. The van der Waals surface area contributed by atoms with E-state index in [0.717, 1.165) is 64.4 Å². The molecule has 0 aromatic rings. The third-order valence-corrected chi connectivity index (χ3v) is 6.57. The van der Waals surface area contributed by atoms with E-state index in [4.69, 9.17) is 5.11 Å². The van der Waals surface area contributed by atoms with Crippen LogP contribution in [0.5, 0.6) is 0 Å². The summed E-state index contributed by atoms with van der Waals surface area (Å²) < 4.78 is 1.86.